The highest BCUT2D eigenvalue weighted by Gasteiger charge is 2.18. The monoisotopic (exact) mass is 327 g/mol. The van der Waals surface area contributed by atoms with Crippen LogP contribution in [0.4, 0.5) is 4.39 Å². The van der Waals surface area contributed by atoms with E-state index >= 15 is 0 Å². The van der Waals surface area contributed by atoms with E-state index in [1.54, 1.807) is 17.8 Å². The van der Waals surface area contributed by atoms with Crippen LogP contribution < -0.4 is 5.32 Å². The Morgan fingerprint density at radius 3 is 2.95 bits per heavy atom. The fourth-order valence-electron chi connectivity index (χ4n) is 2.21. The Kier molecular flexibility index (Phi) is 5.61. The lowest BCUT2D eigenvalue weighted by atomic mass is 10.1. The number of aliphatic hydroxyl groups is 1. The molecule has 3 nitrogen and oxygen atoms in total. The smallest absolute Gasteiger partial charge is 0.261 e. The minimum Gasteiger partial charge on any atom is -0.396 e. The van der Waals surface area contributed by atoms with Gasteiger partial charge in [-0.25, -0.2) is 4.39 Å². The molecule has 1 aromatic carbocycles. The van der Waals surface area contributed by atoms with Crippen LogP contribution in [-0.4, -0.2) is 35.7 Å². The van der Waals surface area contributed by atoms with Crippen LogP contribution in [0.2, 0.25) is 0 Å². The predicted octanol–water partition coefficient (Wildman–Crippen LogP) is 3.19. The van der Waals surface area contributed by atoms with Crippen LogP contribution in [0.5, 0.6) is 0 Å². The number of rotatable bonds is 6. The van der Waals surface area contributed by atoms with Gasteiger partial charge in [0.05, 0.1) is 4.88 Å². The molecule has 0 radical (unpaired) electrons. The first-order valence-electron chi connectivity index (χ1n) is 6.66. The van der Waals surface area contributed by atoms with E-state index in [-0.39, 0.29) is 24.4 Å². The number of halogens is 1. The van der Waals surface area contributed by atoms with Crippen LogP contribution in [0.3, 0.4) is 0 Å². The summed E-state index contributed by atoms with van der Waals surface area (Å²) in [6.07, 6.45) is 2.50. The number of thiophene rings is 1. The van der Waals surface area contributed by atoms with Crippen LogP contribution in [0.1, 0.15) is 21.7 Å². The lowest BCUT2D eigenvalue weighted by Crippen LogP contribution is -2.37. The van der Waals surface area contributed by atoms with E-state index in [1.807, 2.05) is 13.2 Å². The molecule has 1 amide bonds. The van der Waals surface area contributed by atoms with Crippen molar-refractivity contribution < 1.29 is 14.3 Å². The van der Waals surface area contributed by atoms with Gasteiger partial charge in [0, 0.05) is 23.1 Å². The van der Waals surface area contributed by atoms with Gasteiger partial charge in [0.2, 0.25) is 0 Å². The Balaban J connectivity index is 2.24. The highest BCUT2D eigenvalue weighted by molar-refractivity contribution is 7.98. The molecule has 0 bridgehead atoms. The van der Waals surface area contributed by atoms with Gasteiger partial charge in [-0.05, 0) is 48.7 Å². The Bertz CT molecular complexity index is 636. The maximum Gasteiger partial charge on any atom is 0.261 e. The molecule has 0 saturated heterocycles. The minimum absolute atomic E-state index is 0.0438. The van der Waals surface area contributed by atoms with Crippen LogP contribution in [0, 0.1) is 12.7 Å². The number of carbonyl (C=O) groups is 1. The molecule has 1 atom stereocenters. The number of hydrogen-bond donors (Lipinski definition) is 2. The quantitative estimate of drug-likeness (QED) is 0.857. The summed E-state index contributed by atoms with van der Waals surface area (Å²) in [6, 6.07) is 4.51. The molecule has 114 valence electrons. The van der Waals surface area contributed by atoms with E-state index in [4.69, 9.17) is 5.11 Å². The van der Waals surface area contributed by atoms with Gasteiger partial charge < -0.3 is 10.4 Å². The number of aliphatic hydroxyl groups excluding tert-OH is 1. The van der Waals surface area contributed by atoms with Gasteiger partial charge in [0.1, 0.15) is 5.82 Å². The average molecular weight is 327 g/mol. The third-order valence-corrected chi connectivity index (χ3v) is 5.29. The van der Waals surface area contributed by atoms with Crippen molar-refractivity contribution in [2.45, 2.75) is 19.4 Å². The third kappa shape index (κ3) is 3.75. The van der Waals surface area contributed by atoms with Crippen molar-refractivity contribution in [3.05, 3.63) is 34.5 Å². The molecule has 6 heteroatoms. The summed E-state index contributed by atoms with van der Waals surface area (Å²) in [6.45, 7) is 1.88. The summed E-state index contributed by atoms with van der Waals surface area (Å²) in [5.74, 6) is 0.308. The maximum atomic E-state index is 13.3. The maximum absolute atomic E-state index is 13.3. The number of benzene rings is 1. The number of amides is 1. The Morgan fingerprint density at radius 1 is 1.52 bits per heavy atom. The van der Waals surface area contributed by atoms with Crippen molar-refractivity contribution in [3.63, 3.8) is 0 Å². The van der Waals surface area contributed by atoms with Gasteiger partial charge in [-0.2, -0.15) is 11.8 Å². The SMILES string of the molecule is CSCC(CCO)NC(=O)c1sc2ccc(F)cc2c1C. The molecule has 0 spiro atoms. The topological polar surface area (TPSA) is 49.3 Å². The number of hydrogen-bond acceptors (Lipinski definition) is 4. The van der Waals surface area contributed by atoms with E-state index < -0.39 is 0 Å². The second-order valence-electron chi connectivity index (χ2n) is 4.83. The van der Waals surface area contributed by atoms with Crippen molar-refractivity contribution in [2.75, 3.05) is 18.6 Å². The first-order chi connectivity index (χ1) is 10.1. The Labute approximate surface area is 131 Å². The van der Waals surface area contributed by atoms with Crippen LogP contribution in [-0.2, 0) is 0 Å². The summed E-state index contributed by atoms with van der Waals surface area (Å²) in [7, 11) is 0. The van der Waals surface area contributed by atoms with E-state index in [0.717, 1.165) is 21.4 Å². The van der Waals surface area contributed by atoms with Crippen molar-refractivity contribution >= 4 is 39.1 Å². The third-order valence-electron chi connectivity index (χ3n) is 3.29. The number of nitrogens with one attached hydrogen (secondary N) is 1. The zero-order chi connectivity index (χ0) is 15.4. The Hall–Kier alpha value is -1.11. The molecule has 0 saturated carbocycles. The van der Waals surface area contributed by atoms with E-state index in [0.29, 0.717) is 11.3 Å². The molecule has 0 aliphatic rings. The molecule has 21 heavy (non-hydrogen) atoms. The highest BCUT2D eigenvalue weighted by Crippen LogP contribution is 2.31. The largest absolute Gasteiger partial charge is 0.396 e. The summed E-state index contributed by atoms with van der Waals surface area (Å²) in [5.41, 5.74) is 0.805. The van der Waals surface area contributed by atoms with Crippen LogP contribution >= 0.6 is 23.1 Å². The fourth-order valence-corrected chi connectivity index (χ4v) is 3.96. The molecule has 1 aromatic heterocycles. The van der Waals surface area contributed by atoms with E-state index in [2.05, 4.69) is 5.32 Å². The minimum atomic E-state index is -0.295. The van der Waals surface area contributed by atoms with Crippen molar-refractivity contribution in [1.82, 2.24) is 5.32 Å². The first-order valence-corrected chi connectivity index (χ1v) is 8.87. The van der Waals surface area contributed by atoms with Gasteiger partial charge in [-0.3, -0.25) is 4.79 Å². The molecule has 2 aromatic rings. The highest BCUT2D eigenvalue weighted by atomic mass is 32.2. The second kappa shape index (κ2) is 7.24. The molecule has 2 rings (SSSR count). The van der Waals surface area contributed by atoms with Gasteiger partial charge in [-0.15, -0.1) is 11.3 Å². The standard InChI is InChI=1S/C15H18FNO2S2/c1-9-12-7-10(16)3-4-13(12)21-14(9)15(19)17-11(5-6-18)8-20-2/h3-4,7,11,18H,5-6,8H2,1-2H3,(H,17,19). The Morgan fingerprint density at radius 2 is 2.29 bits per heavy atom. The fraction of sp³-hybridized carbons (Fsp3) is 0.400. The van der Waals surface area contributed by atoms with E-state index in [9.17, 15) is 9.18 Å². The van der Waals surface area contributed by atoms with Gasteiger partial charge in [0.25, 0.3) is 5.91 Å². The van der Waals surface area contributed by atoms with Gasteiger partial charge in [0.15, 0.2) is 0 Å². The van der Waals surface area contributed by atoms with Gasteiger partial charge in [-0.1, -0.05) is 0 Å². The van der Waals surface area contributed by atoms with Crippen molar-refractivity contribution in [3.8, 4) is 0 Å². The number of fused-ring (bicyclic) bond motifs is 1. The lowest BCUT2D eigenvalue weighted by Gasteiger charge is -2.16. The summed E-state index contributed by atoms with van der Waals surface area (Å²) < 4.78 is 14.2. The summed E-state index contributed by atoms with van der Waals surface area (Å²) >= 11 is 3.00. The van der Waals surface area contributed by atoms with Crippen LogP contribution in [0.15, 0.2) is 18.2 Å². The van der Waals surface area contributed by atoms with E-state index in [1.165, 1.54) is 23.5 Å². The normalized spacial score (nSPS) is 12.6. The molecule has 0 aliphatic carbocycles. The van der Waals surface area contributed by atoms with Crippen LogP contribution in [0.25, 0.3) is 10.1 Å². The first kappa shape index (κ1) is 16.3. The molecule has 0 aliphatic heterocycles. The zero-order valence-corrected chi connectivity index (χ0v) is 13.6. The number of thioether (sulfide) groups is 1. The number of aryl methyl sites for hydroxylation is 1. The predicted molar refractivity (Wildman–Crippen MR) is 87.9 cm³/mol. The second-order valence-corrected chi connectivity index (χ2v) is 6.80. The van der Waals surface area contributed by atoms with Crippen molar-refractivity contribution in [1.29, 1.82) is 0 Å². The summed E-state index contributed by atoms with van der Waals surface area (Å²) in [4.78, 5) is 13.0. The molecule has 2 N–H and O–H groups in total. The molecular weight excluding hydrogens is 309 g/mol. The van der Waals surface area contributed by atoms with Gasteiger partial charge >= 0.3 is 0 Å². The molecular formula is C15H18FNO2S2. The molecule has 1 unspecified atom stereocenters. The zero-order valence-electron chi connectivity index (χ0n) is 12.0. The lowest BCUT2D eigenvalue weighted by molar-refractivity contribution is 0.0939. The number of carbonyl (C=O) groups excluding carboxylic acids is 1. The molecule has 0 fully saturated rings. The average Bonchev–Trinajstić information content (AvgIpc) is 2.77. The molecule has 1 heterocycles. The summed E-state index contributed by atoms with van der Waals surface area (Å²) in [5, 5.41) is 12.8. The van der Waals surface area contributed by atoms with Crippen molar-refractivity contribution in [2.24, 2.45) is 0 Å².